The second-order valence-electron chi connectivity index (χ2n) is 8.19. The highest BCUT2D eigenvalue weighted by molar-refractivity contribution is 5.78. The van der Waals surface area contributed by atoms with Crippen molar-refractivity contribution in [3.63, 3.8) is 0 Å². The van der Waals surface area contributed by atoms with E-state index < -0.39 is 17.9 Å². The van der Waals surface area contributed by atoms with E-state index in [1.54, 1.807) is 14.7 Å². The molecular weight excluding hydrogens is 450 g/mol. The molecule has 1 aliphatic rings. The predicted octanol–water partition coefficient (Wildman–Crippen LogP) is -2.00. The Kier molecular flexibility index (Phi) is 15.0. The molecule has 13 heteroatoms. The van der Waals surface area contributed by atoms with E-state index in [1.165, 1.54) is 0 Å². The number of nitrogens with one attached hydrogen (secondary N) is 1. The predicted molar refractivity (Wildman–Crippen MR) is 123 cm³/mol. The van der Waals surface area contributed by atoms with Crippen LogP contribution in [0.15, 0.2) is 0 Å². The molecule has 4 N–H and O–H groups in total. The highest BCUT2D eigenvalue weighted by Crippen LogP contribution is 2.01. The molecule has 0 radical (unpaired) electrons. The summed E-state index contributed by atoms with van der Waals surface area (Å²) in [5.74, 6) is -3.13. The van der Waals surface area contributed by atoms with Gasteiger partial charge in [0, 0.05) is 72.1 Å². The van der Waals surface area contributed by atoms with Crippen molar-refractivity contribution in [2.24, 2.45) is 0 Å². The van der Waals surface area contributed by atoms with Crippen molar-refractivity contribution in [1.82, 2.24) is 24.9 Å². The lowest BCUT2D eigenvalue weighted by atomic mass is 10.3. The van der Waals surface area contributed by atoms with Crippen molar-refractivity contribution in [2.75, 3.05) is 98.3 Å². The number of rotatable bonds is 13. The Bertz CT molecular complexity index is 619. The van der Waals surface area contributed by atoms with Gasteiger partial charge in [-0.25, -0.2) is 0 Å². The van der Waals surface area contributed by atoms with Crippen LogP contribution < -0.4 is 5.32 Å². The summed E-state index contributed by atoms with van der Waals surface area (Å²) in [5.41, 5.74) is 0. The fraction of sp³-hybridized carbons (Fsp3) is 0.810. The third-order valence-electron chi connectivity index (χ3n) is 5.37. The lowest BCUT2D eigenvalue weighted by Gasteiger charge is -2.32. The van der Waals surface area contributed by atoms with Gasteiger partial charge >= 0.3 is 17.9 Å². The molecule has 1 amide bonds. The number of hydrogen-bond donors (Lipinski definition) is 4. The highest BCUT2D eigenvalue weighted by atomic mass is 16.5. The molecule has 196 valence electrons. The SMILES string of the molecule is CCOCCCNC(=O)CN1CCN(CC(=O)O)CCN(CC(=O)O)CCN(CC(=O)O)CC1. The summed E-state index contributed by atoms with van der Waals surface area (Å²) in [6, 6.07) is 0. The van der Waals surface area contributed by atoms with Crippen LogP contribution in [-0.4, -0.2) is 157 Å². The lowest BCUT2D eigenvalue weighted by Crippen LogP contribution is -2.49. The van der Waals surface area contributed by atoms with E-state index >= 15 is 0 Å². The first-order valence-corrected chi connectivity index (χ1v) is 11.6. The molecular formula is C21H39N5O8. The van der Waals surface area contributed by atoms with Gasteiger partial charge in [0.15, 0.2) is 0 Å². The molecule has 0 aromatic carbocycles. The molecule has 34 heavy (non-hydrogen) atoms. The minimum Gasteiger partial charge on any atom is -0.480 e. The number of ether oxygens (including phenoxy) is 1. The van der Waals surface area contributed by atoms with E-state index in [9.17, 15) is 34.5 Å². The molecule has 1 rings (SSSR count). The zero-order valence-electron chi connectivity index (χ0n) is 20.0. The maximum atomic E-state index is 12.4. The normalized spacial score (nSPS) is 18.0. The number of hydrogen-bond acceptors (Lipinski definition) is 9. The first-order chi connectivity index (χ1) is 16.2. The van der Waals surface area contributed by atoms with Crippen LogP contribution in [0.4, 0.5) is 0 Å². The second kappa shape index (κ2) is 17.2. The first-order valence-electron chi connectivity index (χ1n) is 11.6. The van der Waals surface area contributed by atoms with Gasteiger partial charge in [-0.2, -0.15) is 0 Å². The number of carboxylic acids is 3. The standard InChI is InChI=1S/C21H39N5O8/c1-2-34-13-3-4-22-18(27)14-23-5-7-24(15-19(28)29)9-11-26(17-21(32)33)12-10-25(8-6-23)16-20(30)31/h2-17H2,1H3,(H,22,27)(H,28,29)(H,30,31)(H,32,33). The minimum absolute atomic E-state index is 0.113. The molecule has 0 aliphatic carbocycles. The molecule has 1 heterocycles. The van der Waals surface area contributed by atoms with Crippen molar-refractivity contribution in [2.45, 2.75) is 13.3 Å². The molecule has 1 fully saturated rings. The Morgan fingerprint density at radius 2 is 1.03 bits per heavy atom. The Morgan fingerprint density at radius 3 is 1.35 bits per heavy atom. The third-order valence-corrected chi connectivity index (χ3v) is 5.37. The molecule has 0 spiro atoms. The maximum absolute atomic E-state index is 12.4. The molecule has 0 aromatic rings. The molecule has 0 atom stereocenters. The van der Waals surface area contributed by atoms with Gasteiger partial charge in [-0.3, -0.25) is 38.8 Å². The van der Waals surface area contributed by atoms with Crippen LogP contribution >= 0.6 is 0 Å². The fourth-order valence-corrected chi connectivity index (χ4v) is 3.59. The average molecular weight is 490 g/mol. The van der Waals surface area contributed by atoms with E-state index in [4.69, 9.17) is 4.74 Å². The summed E-state index contributed by atoms with van der Waals surface area (Å²) < 4.78 is 5.25. The Morgan fingerprint density at radius 1 is 0.676 bits per heavy atom. The highest BCUT2D eigenvalue weighted by Gasteiger charge is 2.21. The smallest absolute Gasteiger partial charge is 0.317 e. The van der Waals surface area contributed by atoms with E-state index in [2.05, 4.69) is 5.32 Å². The largest absolute Gasteiger partial charge is 0.480 e. The molecule has 13 nitrogen and oxygen atoms in total. The maximum Gasteiger partial charge on any atom is 0.317 e. The van der Waals surface area contributed by atoms with Gasteiger partial charge in [0.05, 0.1) is 26.2 Å². The second-order valence-corrected chi connectivity index (χ2v) is 8.19. The topological polar surface area (TPSA) is 163 Å². The fourth-order valence-electron chi connectivity index (χ4n) is 3.59. The number of amides is 1. The Hall–Kier alpha value is -2.32. The summed E-state index contributed by atoms with van der Waals surface area (Å²) in [6.45, 7) is 6.04. The van der Waals surface area contributed by atoms with Gasteiger partial charge in [0.1, 0.15) is 0 Å². The number of carboxylic acid groups (broad SMARTS) is 3. The summed E-state index contributed by atoms with van der Waals surface area (Å²) in [6.07, 6.45) is 0.700. The van der Waals surface area contributed by atoms with Crippen LogP contribution in [-0.2, 0) is 23.9 Å². The summed E-state index contributed by atoms with van der Waals surface area (Å²) in [5, 5.41) is 30.5. The Balaban J connectivity index is 2.82. The average Bonchev–Trinajstić information content (AvgIpc) is 2.74. The molecule has 0 saturated carbocycles. The molecule has 0 bridgehead atoms. The van der Waals surface area contributed by atoms with Gasteiger partial charge in [-0.05, 0) is 13.3 Å². The number of carbonyl (C=O) groups excluding carboxylic acids is 1. The van der Waals surface area contributed by atoms with Crippen LogP contribution in [0.1, 0.15) is 13.3 Å². The number of carbonyl (C=O) groups is 4. The summed E-state index contributed by atoms with van der Waals surface area (Å²) in [7, 11) is 0. The third kappa shape index (κ3) is 14.8. The molecule has 0 aromatic heterocycles. The minimum atomic E-state index is -1.000. The van der Waals surface area contributed by atoms with E-state index in [-0.39, 0.29) is 32.1 Å². The van der Waals surface area contributed by atoms with Crippen molar-refractivity contribution in [1.29, 1.82) is 0 Å². The zero-order chi connectivity index (χ0) is 25.3. The van der Waals surface area contributed by atoms with Crippen molar-refractivity contribution >= 4 is 23.8 Å². The molecule has 1 aliphatic heterocycles. The quantitative estimate of drug-likeness (QED) is 0.211. The van der Waals surface area contributed by atoms with Gasteiger partial charge in [0.2, 0.25) is 5.91 Å². The van der Waals surface area contributed by atoms with E-state index in [0.717, 1.165) is 0 Å². The van der Waals surface area contributed by atoms with E-state index in [1.807, 2.05) is 11.8 Å². The van der Waals surface area contributed by atoms with Gasteiger partial charge in [0.25, 0.3) is 0 Å². The lowest BCUT2D eigenvalue weighted by molar-refractivity contribution is -0.140. The molecule has 1 saturated heterocycles. The molecule has 0 unspecified atom stereocenters. The number of nitrogens with zero attached hydrogens (tertiary/aromatic N) is 4. The van der Waals surface area contributed by atoms with Crippen LogP contribution in [0.25, 0.3) is 0 Å². The Labute approximate surface area is 200 Å². The van der Waals surface area contributed by atoms with E-state index in [0.29, 0.717) is 78.5 Å². The zero-order valence-corrected chi connectivity index (χ0v) is 20.0. The summed E-state index contributed by atoms with van der Waals surface area (Å²) >= 11 is 0. The van der Waals surface area contributed by atoms with Crippen molar-refractivity contribution < 1.29 is 39.2 Å². The van der Waals surface area contributed by atoms with Crippen LogP contribution in [0.5, 0.6) is 0 Å². The van der Waals surface area contributed by atoms with Gasteiger partial charge < -0.3 is 25.4 Å². The van der Waals surface area contributed by atoms with Crippen LogP contribution in [0.2, 0.25) is 0 Å². The van der Waals surface area contributed by atoms with Gasteiger partial charge in [-0.15, -0.1) is 0 Å². The van der Waals surface area contributed by atoms with Crippen molar-refractivity contribution in [3.8, 4) is 0 Å². The monoisotopic (exact) mass is 489 g/mol. The number of aliphatic carboxylic acids is 3. The van der Waals surface area contributed by atoms with Crippen LogP contribution in [0, 0.1) is 0 Å². The summed E-state index contributed by atoms with van der Waals surface area (Å²) in [4.78, 5) is 53.3. The van der Waals surface area contributed by atoms with Crippen LogP contribution in [0.3, 0.4) is 0 Å². The van der Waals surface area contributed by atoms with Gasteiger partial charge in [-0.1, -0.05) is 0 Å². The first kappa shape index (κ1) is 29.7. The van der Waals surface area contributed by atoms with Crippen molar-refractivity contribution in [3.05, 3.63) is 0 Å².